The Morgan fingerprint density at radius 2 is 2.19 bits per heavy atom. The van der Waals surface area contributed by atoms with Crippen molar-refractivity contribution in [2.75, 3.05) is 25.5 Å². The van der Waals surface area contributed by atoms with Crippen LogP contribution in [0.2, 0.25) is 0 Å². The van der Waals surface area contributed by atoms with Gasteiger partial charge in [-0.25, -0.2) is 4.98 Å². The fourth-order valence-electron chi connectivity index (χ4n) is 4.41. The van der Waals surface area contributed by atoms with Gasteiger partial charge in [0.25, 0.3) is 0 Å². The quantitative estimate of drug-likeness (QED) is 0.748. The van der Waals surface area contributed by atoms with E-state index >= 15 is 0 Å². The highest BCUT2D eigenvalue weighted by molar-refractivity contribution is 5.87. The van der Waals surface area contributed by atoms with E-state index in [1.807, 2.05) is 12.3 Å². The van der Waals surface area contributed by atoms with Crippen LogP contribution in [0, 0.1) is 0 Å². The normalized spacial score (nSPS) is 18.9. The zero-order valence-electron chi connectivity index (χ0n) is 15.7. The molecule has 3 aromatic rings. The standard InChI is InChI=1S/C22H24N4O/c1-26-13-19(17-11-15(27-2)3-4-21(17)26)20-12-18-16(7-10-24-22(18)25-20)14-5-8-23-9-6-14/h3-5,7,10-11,13,20,23H,6,8-9,12H2,1-2H3,(H,24,25). The van der Waals surface area contributed by atoms with E-state index in [9.17, 15) is 0 Å². The molecule has 0 bridgehead atoms. The number of rotatable bonds is 3. The molecule has 0 aliphatic carbocycles. The molecule has 0 radical (unpaired) electrons. The average molecular weight is 360 g/mol. The van der Waals surface area contributed by atoms with Gasteiger partial charge in [-0.1, -0.05) is 6.08 Å². The van der Waals surface area contributed by atoms with Gasteiger partial charge in [-0.05, 0) is 48.4 Å². The highest BCUT2D eigenvalue weighted by Gasteiger charge is 2.28. The summed E-state index contributed by atoms with van der Waals surface area (Å²) in [6, 6.07) is 8.69. The molecule has 1 atom stereocenters. The number of aryl methyl sites for hydroxylation is 1. The van der Waals surface area contributed by atoms with Crippen LogP contribution in [-0.4, -0.2) is 29.8 Å². The molecule has 0 fully saturated rings. The van der Waals surface area contributed by atoms with E-state index < -0.39 is 0 Å². The number of nitrogens with zero attached hydrogens (tertiary/aromatic N) is 2. The second-order valence-electron chi connectivity index (χ2n) is 7.35. The summed E-state index contributed by atoms with van der Waals surface area (Å²) in [5.41, 5.74) is 6.66. The highest BCUT2D eigenvalue weighted by Crippen LogP contribution is 2.40. The molecule has 0 saturated carbocycles. The van der Waals surface area contributed by atoms with Crippen LogP contribution in [-0.2, 0) is 13.5 Å². The lowest BCUT2D eigenvalue weighted by molar-refractivity contribution is 0.415. The fourth-order valence-corrected chi connectivity index (χ4v) is 4.41. The van der Waals surface area contributed by atoms with Crippen molar-refractivity contribution in [2.45, 2.75) is 18.9 Å². The van der Waals surface area contributed by atoms with E-state index in [4.69, 9.17) is 4.74 Å². The molecule has 2 N–H and O–H groups in total. The van der Waals surface area contributed by atoms with E-state index in [2.05, 4.69) is 57.7 Å². The van der Waals surface area contributed by atoms with Gasteiger partial charge in [0.2, 0.25) is 0 Å². The molecule has 1 aromatic carbocycles. The first-order valence-corrected chi connectivity index (χ1v) is 9.52. The van der Waals surface area contributed by atoms with Crippen LogP contribution in [0.1, 0.15) is 29.2 Å². The maximum absolute atomic E-state index is 5.45. The van der Waals surface area contributed by atoms with Crippen molar-refractivity contribution < 1.29 is 4.74 Å². The minimum Gasteiger partial charge on any atom is -0.497 e. The number of hydrogen-bond acceptors (Lipinski definition) is 4. The van der Waals surface area contributed by atoms with E-state index in [1.165, 1.54) is 33.2 Å². The topological polar surface area (TPSA) is 51.1 Å². The van der Waals surface area contributed by atoms with Crippen LogP contribution in [0.4, 0.5) is 5.82 Å². The SMILES string of the molecule is COc1ccc2c(c1)c(C1Cc3c(C4=CCNCC4)ccnc3N1)cn2C. The second-order valence-corrected chi connectivity index (χ2v) is 7.35. The maximum Gasteiger partial charge on any atom is 0.130 e. The molecular formula is C22H24N4O. The Kier molecular flexibility index (Phi) is 3.90. The number of pyridine rings is 1. The number of hydrogen-bond donors (Lipinski definition) is 2. The smallest absolute Gasteiger partial charge is 0.130 e. The maximum atomic E-state index is 5.45. The van der Waals surface area contributed by atoms with Gasteiger partial charge in [-0.2, -0.15) is 0 Å². The van der Waals surface area contributed by atoms with Crippen LogP contribution in [0.15, 0.2) is 42.7 Å². The van der Waals surface area contributed by atoms with Crippen molar-refractivity contribution in [2.24, 2.45) is 7.05 Å². The zero-order valence-corrected chi connectivity index (χ0v) is 15.7. The summed E-state index contributed by atoms with van der Waals surface area (Å²) in [6.07, 6.45) is 8.51. The number of nitrogens with one attached hydrogen (secondary N) is 2. The number of ether oxygens (including phenoxy) is 1. The molecule has 2 aromatic heterocycles. The third-order valence-corrected chi connectivity index (χ3v) is 5.79. The Hall–Kier alpha value is -2.79. The molecule has 0 saturated heterocycles. The number of benzene rings is 1. The molecule has 5 rings (SSSR count). The lowest BCUT2D eigenvalue weighted by Gasteiger charge is -2.16. The molecule has 5 nitrogen and oxygen atoms in total. The predicted molar refractivity (Wildman–Crippen MR) is 109 cm³/mol. The van der Waals surface area contributed by atoms with Crippen LogP contribution in [0.5, 0.6) is 5.75 Å². The second kappa shape index (κ2) is 6.43. The number of methoxy groups -OCH3 is 1. The minimum absolute atomic E-state index is 0.228. The molecule has 1 unspecified atom stereocenters. The summed E-state index contributed by atoms with van der Waals surface area (Å²) in [6.45, 7) is 2.00. The van der Waals surface area contributed by atoms with Crippen molar-refractivity contribution in [1.29, 1.82) is 0 Å². The van der Waals surface area contributed by atoms with Crippen molar-refractivity contribution in [3.63, 3.8) is 0 Å². The summed E-state index contributed by atoms with van der Waals surface area (Å²) in [5, 5.41) is 8.30. The number of fused-ring (bicyclic) bond motifs is 2. The first-order valence-electron chi connectivity index (χ1n) is 9.52. The summed E-state index contributed by atoms with van der Waals surface area (Å²) < 4.78 is 7.65. The Morgan fingerprint density at radius 1 is 1.26 bits per heavy atom. The average Bonchev–Trinajstić information content (AvgIpc) is 3.29. The summed E-state index contributed by atoms with van der Waals surface area (Å²) in [7, 11) is 3.82. The van der Waals surface area contributed by atoms with Gasteiger partial charge in [0.1, 0.15) is 11.6 Å². The molecular weight excluding hydrogens is 336 g/mol. The van der Waals surface area contributed by atoms with Gasteiger partial charge >= 0.3 is 0 Å². The van der Waals surface area contributed by atoms with Crippen LogP contribution >= 0.6 is 0 Å². The van der Waals surface area contributed by atoms with Gasteiger partial charge in [-0.15, -0.1) is 0 Å². The third kappa shape index (κ3) is 2.70. The highest BCUT2D eigenvalue weighted by atomic mass is 16.5. The van der Waals surface area contributed by atoms with Gasteiger partial charge in [-0.3, -0.25) is 0 Å². The first kappa shape index (κ1) is 16.4. The molecule has 2 aliphatic heterocycles. The van der Waals surface area contributed by atoms with Gasteiger partial charge < -0.3 is 19.9 Å². The largest absolute Gasteiger partial charge is 0.497 e. The van der Waals surface area contributed by atoms with Gasteiger partial charge in [0, 0.05) is 54.4 Å². The van der Waals surface area contributed by atoms with Crippen LogP contribution < -0.4 is 15.4 Å². The molecule has 0 amide bonds. The Morgan fingerprint density at radius 3 is 3.00 bits per heavy atom. The van der Waals surface area contributed by atoms with Gasteiger partial charge in [0.05, 0.1) is 13.2 Å². The lowest BCUT2D eigenvalue weighted by Crippen LogP contribution is -2.20. The molecule has 138 valence electrons. The minimum atomic E-state index is 0.228. The molecule has 2 aliphatic rings. The Bertz CT molecular complexity index is 1050. The molecule has 27 heavy (non-hydrogen) atoms. The summed E-state index contributed by atoms with van der Waals surface area (Å²) in [5.74, 6) is 1.92. The van der Waals surface area contributed by atoms with Crippen molar-refractivity contribution >= 4 is 22.3 Å². The van der Waals surface area contributed by atoms with E-state index in [0.717, 1.165) is 37.5 Å². The van der Waals surface area contributed by atoms with Crippen LogP contribution in [0.3, 0.4) is 0 Å². The molecule has 5 heteroatoms. The zero-order chi connectivity index (χ0) is 18.4. The van der Waals surface area contributed by atoms with E-state index in [1.54, 1.807) is 7.11 Å². The Balaban J connectivity index is 1.55. The fraction of sp³-hybridized carbons (Fsp3) is 0.318. The van der Waals surface area contributed by atoms with Crippen molar-refractivity contribution in [3.05, 3.63) is 59.4 Å². The monoisotopic (exact) mass is 360 g/mol. The van der Waals surface area contributed by atoms with Crippen molar-refractivity contribution in [1.82, 2.24) is 14.9 Å². The third-order valence-electron chi connectivity index (χ3n) is 5.79. The Labute approximate surface area is 159 Å². The summed E-state index contributed by atoms with van der Waals surface area (Å²) in [4.78, 5) is 4.63. The molecule has 0 spiro atoms. The lowest BCUT2D eigenvalue weighted by atomic mass is 9.93. The first-order chi connectivity index (χ1) is 13.2. The van der Waals surface area contributed by atoms with Crippen molar-refractivity contribution in [3.8, 4) is 5.75 Å². The number of aromatic nitrogens is 2. The molecule has 4 heterocycles. The number of anilines is 1. The predicted octanol–water partition coefficient (Wildman–Crippen LogP) is 3.67. The van der Waals surface area contributed by atoms with Crippen LogP contribution in [0.25, 0.3) is 16.5 Å². The van der Waals surface area contributed by atoms with E-state index in [0.29, 0.717) is 0 Å². The summed E-state index contributed by atoms with van der Waals surface area (Å²) >= 11 is 0. The van der Waals surface area contributed by atoms with E-state index in [-0.39, 0.29) is 6.04 Å². The van der Waals surface area contributed by atoms with Gasteiger partial charge in [0.15, 0.2) is 0 Å².